The van der Waals surface area contributed by atoms with Crippen LogP contribution in [0, 0.1) is 11.3 Å². The Morgan fingerprint density at radius 2 is 2.00 bits per heavy atom. The van der Waals surface area contributed by atoms with E-state index in [4.69, 9.17) is 5.11 Å². The van der Waals surface area contributed by atoms with Gasteiger partial charge in [0.2, 0.25) is 0 Å². The van der Waals surface area contributed by atoms with Crippen molar-refractivity contribution in [1.29, 1.82) is 0 Å². The van der Waals surface area contributed by atoms with E-state index in [0.717, 1.165) is 0 Å². The summed E-state index contributed by atoms with van der Waals surface area (Å²) in [4.78, 5) is 10.9. The Labute approximate surface area is 92.4 Å². The summed E-state index contributed by atoms with van der Waals surface area (Å²) >= 11 is 0. The topological polar surface area (TPSA) is 37.3 Å². The minimum absolute atomic E-state index is 0.138. The monoisotopic (exact) mass is 210 g/mol. The zero-order valence-electron chi connectivity index (χ0n) is 9.83. The lowest BCUT2D eigenvalue weighted by Crippen LogP contribution is -2.30. The first-order valence-corrected chi connectivity index (χ1v) is 5.94. The number of rotatable bonds is 4. The average molecular weight is 210 g/mol. The molecule has 0 spiro atoms. The quantitative estimate of drug-likeness (QED) is 0.719. The normalized spacial score (nSPS) is 22.8. The zero-order valence-corrected chi connectivity index (χ0v) is 9.83. The van der Waals surface area contributed by atoms with Gasteiger partial charge in [0.25, 0.3) is 0 Å². The van der Waals surface area contributed by atoms with Gasteiger partial charge in [-0.3, -0.25) is 4.79 Å². The molecule has 2 nitrogen and oxygen atoms in total. The highest BCUT2D eigenvalue weighted by molar-refractivity contribution is 5.68. The molecule has 0 aliphatic heterocycles. The third kappa shape index (κ3) is 3.37. The maximum Gasteiger partial charge on any atom is 0.304 e. The fourth-order valence-electron chi connectivity index (χ4n) is 2.81. The van der Waals surface area contributed by atoms with Crippen molar-refractivity contribution in [1.82, 2.24) is 0 Å². The van der Waals surface area contributed by atoms with Crippen LogP contribution >= 0.6 is 0 Å². The van der Waals surface area contributed by atoms with Gasteiger partial charge in [-0.15, -0.1) is 0 Å². The molecule has 1 aliphatic carbocycles. The van der Waals surface area contributed by atoms with Crippen LogP contribution < -0.4 is 0 Å². The molecule has 0 aromatic rings. The van der Waals surface area contributed by atoms with Crippen LogP contribution in [0.2, 0.25) is 0 Å². The first-order valence-electron chi connectivity index (χ1n) is 5.94. The third-order valence-corrected chi connectivity index (χ3v) is 3.62. The van der Waals surface area contributed by atoms with E-state index in [1.54, 1.807) is 0 Å². The first kappa shape index (κ1) is 12.3. The van der Waals surface area contributed by atoms with E-state index in [9.17, 15) is 4.79 Å². The molecule has 1 atom stereocenters. The van der Waals surface area contributed by atoms with Crippen LogP contribution in [0.5, 0.6) is 0 Å². The van der Waals surface area contributed by atoms with E-state index in [2.05, 4.69) is 13.0 Å². The van der Waals surface area contributed by atoms with Crippen LogP contribution in [0.3, 0.4) is 0 Å². The van der Waals surface area contributed by atoms with Crippen molar-refractivity contribution >= 4 is 5.97 Å². The third-order valence-electron chi connectivity index (χ3n) is 3.62. The molecule has 0 heterocycles. The minimum Gasteiger partial charge on any atom is -0.481 e. The number of hydrogen-bond acceptors (Lipinski definition) is 1. The van der Waals surface area contributed by atoms with Crippen molar-refractivity contribution in [3.05, 3.63) is 12.2 Å². The second-order valence-electron chi connectivity index (χ2n) is 4.91. The molecule has 1 rings (SSSR count). The van der Waals surface area contributed by atoms with E-state index in [-0.39, 0.29) is 11.8 Å². The molecule has 0 amide bonds. The molecule has 2 heteroatoms. The Morgan fingerprint density at radius 3 is 2.47 bits per heavy atom. The molecule has 0 aromatic carbocycles. The second-order valence-corrected chi connectivity index (χ2v) is 4.91. The van der Waals surface area contributed by atoms with Gasteiger partial charge in [-0.2, -0.15) is 0 Å². The van der Waals surface area contributed by atoms with E-state index < -0.39 is 5.97 Å². The zero-order chi connectivity index (χ0) is 11.3. The molecule has 15 heavy (non-hydrogen) atoms. The van der Waals surface area contributed by atoms with Crippen molar-refractivity contribution in [2.45, 2.75) is 52.4 Å². The number of allylic oxidation sites excluding steroid dienone is 2. The Balaban J connectivity index is 2.73. The van der Waals surface area contributed by atoms with Gasteiger partial charge in [-0.05, 0) is 31.1 Å². The van der Waals surface area contributed by atoms with Crippen molar-refractivity contribution in [2.24, 2.45) is 11.3 Å². The lowest BCUT2D eigenvalue weighted by atomic mass is 9.68. The maximum atomic E-state index is 10.9. The molecule has 1 saturated carbocycles. The highest BCUT2D eigenvalue weighted by Gasteiger charge is 2.34. The summed E-state index contributed by atoms with van der Waals surface area (Å²) in [6.45, 7) is 4.07. The van der Waals surface area contributed by atoms with Gasteiger partial charge in [0.05, 0.1) is 6.42 Å². The number of aliphatic carboxylic acids is 1. The van der Waals surface area contributed by atoms with Gasteiger partial charge in [-0.1, -0.05) is 38.3 Å². The number of hydrogen-bond donors (Lipinski definition) is 1. The van der Waals surface area contributed by atoms with E-state index in [1.165, 1.54) is 32.1 Å². The van der Waals surface area contributed by atoms with Crippen molar-refractivity contribution in [3.8, 4) is 0 Å². The number of carboxylic acid groups (broad SMARTS) is 1. The van der Waals surface area contributed by atoms with Gasteiger partial charge in [-0.25, -0.2) is 0 Å². The standard InChI is InChI=1S/C13H22O2/c1-3-9-13(2,10-12(14)15)11-7-5-4-6-8-11/h3,9,11H,4-8,10H2,1-2H3,(H,14,15)/b9-3+/t13-/m1/s1. The number of carboxylic acids is 1. The molecular weight excluding hydrogens is 188 g/mol. The summed E-state index contributed by atoms with van der Waals surface area (Å²) in [6.07, 6.45) is 10.6. The number of carbonyl (C=O) groups is 1. The summed E-state index contributed by atoms with van der Waals surface area (Å²) < 4.78 is 0. The molecule has 0 saturated heterocycles. The van der Waals surface area contributed by atoms with E-state index in [1.807, 2.05) is 13.0 Å². The van der Waals surface area contributed by atoms with Crippen molar-refractivity contribution in [2.75, 3.05) is 0 Å². The fourth-order valence-corrected chi connectivity index (χ4v) is 2.81. The van der Waals surface area contributed by atoms with Crippen LogP contribution in [0.25, 0.3) is 0 Å². The largest absolute Gasteiger partial charge is 0.481 e. The van der Waals surface area contributed by atoms with Gasteiger partial charge in [0.1, 0.15) is 0 Å². The maximum absolute atomic E-state index is 10.9. The second kappa shape index (κ2) is 5.34. The summed E-state index contributed by atoms with van der Waals surface area (Å²) in [5, 5.41) is 8.97. The van der Waals surface area contributed by atoms with Crippen molar-refractivity contribution < 1.29 is 9.90 Å². The summed E-state index contributed by atoms with van der Waals surface area (Å²) in [5.74, 6) is -0.125. The lowest BCUT2D eigenvalue weighted by Gasteiger charge is -2.36. The predicted molar refractivity (Wildman–Crippen MR) is 61.7 cm³/mol. The molecule has 0 aromatic heterocycles. The van der Waals surface area contributed by atoms with Gasteiger partial charge in [0, 0.05) is 0 Å². The summed E-state index contributed by atoms with van der Waals surface area (Å²) in [7, 11) is 0. The smallest absolute Gasteiger partial charge is 0.304 e. The van der Waals surface area contributed by atoms with Gasteiger partial charge < -0.3 is 5.11 Å². The van der Waals surface area contributed by atoms with Crippen molar-refractivity contribution in [3.63, 3.8) is 0 Å². The van der Waals surface area contributed by atoms with Crippen LogP contribution in [-0.4, -0.2) is 11.1 Å². The molecule has 1 N–H and O–H groups in total. The van der Waals surface area contributed by atoms with Crippen LogP contribution in [0.15, 0.2) is 12.2 Å². The van der Waals surface area contributed by atoms with Gasteiger partial charge in [0.15, 0.2) is 0 Å². The van der Waals surface area contributed by atoms with Crippen LogP contribution in [0.1, 0.15) is 52.4 Å². The average Bonchev–Trinajstić information content (AvgIpc) is 2.18. The lowest BCUT2D eigenvalue weighted by molar-refractivity contribution is -0.139. The molecular formula is C13H22O2. The highest BCUT2D eigenvalue weighted by atomic mass is 16.4. The SMILES string of the molecule is C/C=C/[C@](C)(CC(=O)O)C1CCCCC1. The molecule has 86 valence electrons. The molecule has 1 fully saturated rings. The fraction of sp³-hybridized carbons (Fsp3) is 0.769. The predicted octanol–water partition coefficient (Wildman–Crippen LogP) is 3.62. The molecule has 0 unspecified atom stereocenters. The Morgan fingerprint density at radius 1 is 1.40 bits per heavy atom. The van der Waals surface area contributed by atoms with Crippen LogP contribution in [0.4, 0.5) is 0 Å². The Bertz CT molecular complexity index is 239. The van der Waals surface area contributed by atoms with E-state index >= 15 is 0 Å². The van der Waals surface area contributed by atoms with Gasteiger partial charge >= 0.3 is 5.97 Å². The molecule has 1 aliphatic rings. The molecule has 0 bridgehead atoms. The molecule has 0 radical (unpaired) electrons. The minimum atomic E-state index is -0.679. The highest BCUT2D eigenvalue weighted by Crippen LogP contribution is 2.42. The first-order chi connectivity index (χ1) is 7.08. The Kier molecular flexibility index (Phi) is 4.37. The van der Waals surface area contributed by atoms with Crippen LogP contribution in [-0.2, 0) is 4.79 Å². The Hall–Kier alpha value is -0.790. The summed E-state index contributed by atoms with van der Waals surface area (Å²) in [5.41, 5.74) is -0.138. The van der Waals surface area contributed by atoms with E-state index in [0.29, 0.717) is 5.92 Å². The summed E-state index contributed by atoms with van der Waals surface area (Å²) in [6, 6.07) is 0.